The normalized spacial score (nSPS) is 11.2. The lowest BCUT2D eigenvalue weighted by atomic mass is 10.0. The Morgan fingerprint density at radius 1 is 0.923 bits per heavy atom. The molecule has 4 rings (SSSR count). The van der Waals surface area contributed by atoms with Gasteiger partial charge in [-0.25, -0.2) is 4.98 Å². The van der Waals surface area contributed by atoms with Crippen molar-refractivity contribution in [2.24, 2.45) is 0 Å². The molecule has 0 N–H and O–H groups in total. The van der Waals surface area contributed by atoms with Gasteiger partial charge in [0, 0.05) is 0 Å². The highest BCUT2D eigenvalue weighted by Crippen LogP contribution is 2.43. The second-order valence-electron chi connectivity index (χ2n) is 5.86. The lowest BCUT2D eigenvalue weighted by Crippen LogP contribution is -1.96. The summed E-state index contributed by atoms with van der Waals surface area (Å²) in [6.07, 6.45) is 0. The van der Waals surface area contributed by atoms with Crippen LogP contribution in [-0.2, 0) is 0 Å². The summed E-state index contributed by atoms with van der Waals surface area (Å²) < 4.78 is 7.86. The highest BCUT2D eigenvalue weighted by Gasteiger charge is 2.18. The first-order valence-electron chi connectivity index (χ1n) is 8.63. The molecule has 0 saturated heterocycles. The lowest BCUT2D eigenvalue weighted by molar-refractivity contribution is 0.341. The minimum Gasteiger partial charge on any atom is -0.494 e. The number of nitrogens with zero attached hydrogens (tertiary/aromatic N) is 1. The summed E-state index contributed by atoms with van der Waals surface area (Å²) in [6.45, 7) is 2.68. The quantitative estimate of drug-likeness (QED) is 0.354. The summed E-state index contributed by atoms with van der Waals surface area (Å²) in [4.78, 5) is 4.83. The molecule has 1 heterocycles. The van der Waals surface area contributed by atoms with Gasteiger partial charge in [-0.3, -0.25) is 0 Å². The molecule has 0 atom stereocenters. The predicted molar refractivity (Wildman–Crippen MR) is 111 cm³/mol. The van der Waals surface area contributed by atoms with E-state index in [1.807, 2.05) is 19.1 Å². The van der Waals surface area contributed by atoms with Gasteiger partial charge in [0.05, 0.1) is 22.1 Å². The van der Waals surface area contributed by atoms with Crippen LogP contribution in [0, 0.1) is 0 Å². The molecule has 2 nitrogen and oxygen atoms in total. The zero-order chi connectivity index (χ0) is 17.8. The Bertz CT molecular complexity index is 943. The third kappa shape index (κ3) is 3.76. The molecule has 3 aromatic carbocycles. The number of benzene rings is 3. The van der Waals surface area contributed by atoms with Crippen LogP contribution in [0.5, 0.6) is 5.75 Å². The molecule has 0 unspecified atom stereocenters. The molecule has 0 aliphatic heterocycles. The number of thiazole rings is 1. The van der Waals surface area contributed by atoms with E-state index in [0.717, 1.165) is 15.6 Å². The number of aromatic nitrogens is 1. The molecule has 130 valence electrons. The molecule has 0 aliphatic rings. The van der Waals surface area contributed by atoms with Gasteiger partial charge >= 0.3 is 0 Å². The van der Waals surface area contributed by atoms with Gasteiger partial charge in [-0.05, 0) is 36.2 Å². The molecule has 0 spiro atoms. The Morgan fingerprint density at radius 3 is 2.19 bits per heavy atom. The van der Waals surface area contributed by atoms with Crippen molar-refractivity contribution in [3.63, 3.8) is 0 Å². The Morgan fingerprint density at radius 2 is 1.58 bits per heavy atom. The van der Waals surface area contributed by atoms with E-state index in [9.17, 15) is 0 Å². The highest BCUT2D eigenvalue weighted by molar-refractivity contribution is 8.01. The summed E-state index contributed by atoms with van der Waals surface area (Å²) in [5, 5.41) is 0.226. The topological polar surface area (TPSA) is 22.1 Å². The van der Waals surface area contributed by atoms with Crippen LogP contribution < -0.4 is 4.74 Å². The van der Waals surface area contributed by atoms with Crippen LogP contribution in [0.4, 0.5) is 0 Å². The fraction of sp³-hybridized carbons (Fsp3) is 0.136. The van der Waals surface area contributed by atoms with Crippen LogP contribution in [0.2, 0.25) is 0 Å². The van der Waals surface area contributed by atoms with Crippen LogP contribution in [0.25, 0.3) is 10.2 Å². The lowest BCUT2D eigenvalue weighted by Gasteiger charge is -2.16. The molecule has 4 heteroatoms. The van der Waals surface area contributed by atoms with E-state index in [1.54, 1.807) is 23.1 Å². The van der Waals surface area contributed by atoms with Gasteiger partial charge in [0.1, 0.15) is 5.75 Å². The van der Waals surface area contributed by atoms with Gasteiger partial charge in [-0.2, -0.15) is 0 Å². The Kier molecular flexibility index (Phi) is 5.23. The van der Waals surface area contributed by atoms with E-state index < -0.39 is 0 Å². The summed E-state index contributed by atoms with van der Waals surface area (Å²) in [7, 11) is 0. The zero-order valence-electron chi connectivity index (χ0n) is 14.5. The average Bonchev–Trinajstić information content (AvgIpc) is 3.10. The van der Waals surface area contributed by atoms with Crippen molar-refractivity contribution in [1.29, 1.82) is 0 Å². The number of hydrogen-bond acceptors (Lipinski definition) is 4. The Labute approximate surface area is 161 Å². The fourth-order valence-electron chi connectivity index (χ4n) is 2.88. The smallest absolute Gasteiger partial charge is 0.152 e. The molecular weight excluding hydrogens is 358 g/mol. The number of fused-ring (bicyclic) bond motifs is 1. The molecule has 4 aromatic rings. The molecule has 0 radical (unpaired) electrons. The maximum atomic E-state index is 5.62. The summed E-state index contributed by atoms with van der Waals surface area (Å²) in [5.41, 5.74) is 3.61. The second-order valence-corrected chi connectivity index (χ2v) is 8.24. The Balaban J connectivity index is 1.68. The largest absolute Gasteiger partial charge is 0.494 e. The van der Waals surface area contributed by atoms with Gasteiger partial charge in [0.2, 0.25) is 0 Å². The van der Waals surface area contributed by atoms with Crippen molar-refractivity contribution in [3.05, 3.63) is 90.0 Å². The SMILES string of the molecule is CCOc1ccc2nc(SC(c3ccccc3)c3ccccc3)sc2c1. The van der Waals surface area contributed by atoms with Crippen molar-refractivity contribution in [1.82, 2.24) is 4.98 Å². The minimum atomic E-state index is 0.226. The summed E-state index contributed by atoms with van der Waals surface area (Å²) in [6, 6.07) is 27.4. The van der Waals surface area contributed by atoms with E-state index >= 15 is 0 Å². The average molecular weight is 378 g/mol. The third-order valence-electron chi connectivity index (χ3n) is 4.07. The van der Waals surface area contributed by atoms with Crippen molar-refractivity contribution >= 4 is 33.3 Å². The first-order valence-corrected chi connectivity index (χ1v) is 10.3. The third-order valence-corrected chi connectivity index (χ3v) is 6.50. The van der Waals surface area contributed by atoms with Crippen LogP contribution >= 0.6 is 23.1 Å². The van der Waals surface area contributed by atoms with E-state index in [2.05, 4.69) is 66.7 Å². The van der Waals surface area contributed by atoms with E-state index in [-0.39, 0.29) is 5.25 Å². The van der Waals surface area contributed by atoms with Crippen molar-refractivity contribution in [2.75, 3.05) is 6.61 Å². The van der Waals surface area contributed by atoms with Crippen LogP contribution in [0.15, 0.2) is 83.2 Å². The molecular formula is C22H19NOS2. The molecule has 0 fully saturated rings. The predicted octanol–water partition coefficient (Wildman–Crippen LogP) is 6.58. The van der Waals surface area contributed by atoms with E-state index in [0.29, 0.717) is 6.61 Å². The first kappa shape index (κ1) is 17.1. The van der Waals surface area contributed by atoms with Gasteiger partial charge in [-0.1, -0.05) is 72.4 Å². The van der Waals surface area contributed by atoms with Crippen LogP contribution in [0.3, 0.4) is 0 Å². The summed E-state index contributed by atoms with van der Waals surface area (Å²) >= 11 is 3.53. The van der Waals surface area contributed by atoms with Crippen molar-refractivity contribution in [3.8, 4) is 5.75 Å². The molecule has 0 aliphatic carbocycles. The monoisotopic (exact) mass is 377 g/mol. The molecule has 26 heavy (non-hydrogen) atoms. The molecule has 1 aromatic heterocycles. The van der Waals surface area contributed by atoms with Gasteiger partial charge in [-0.15, -0.1) is 11.3 Å². The van der Waals surface area contributed by atoms with E-state index in [4.69, 9.17) is 9.72 Å². The van der Waals surface area contributed by atoms with Gasteiger partial charge in [0.25, 0.3) is 0 Å². The van der Waals surface area contributed by atoms with Crippen molar-refractivity contribution in [2.45, 2.75) is 16.5 Å². The molecule has 0 saturated carbocycles. The number of hydrogen-bond donors (Lipinski definition) is 0. The Hall–Kier alpha value is -2.30. The van der Waals surface area contributed by atoms with Crippen LogP contribution in [0.1, 0.15) is 23.3 Å². The standard InChI is InChI=1S/C22H19NOS2/c1-2-24-18-13-14-19-20(15-18)25-22(23-19)26-21(16-9-5-3-6-10-16)17-11-7-4-8-12-17/h3-15,21H,2H2,1H3. The fourth-order valence-corrected chi connectivity index (χ4v) is 5.29. The van der Waals surface area contributed by atoms with Gasteiger partial charge in [0.15, 0.2) is 4.34 Å². The zero-order valence-corrected chi connectivity index (χ0v) is 16.1. The van der Waals surface area contributed by atoms with Gasteiger partial charge < -0.3 is 4.74 Å². The van der Waals surface area contributed by atoms with E-state index in [1.165, 1.54) is 15.8 Å². The first-order chi connectivity index (χ1) is 12.8. The highest BCUT2D eigenvalue weighted by atomic mass is 32.2. The number of thioether (sulfide) groups is 1. The maximum absolute atomic E-state index is 5.62. The summed E-state index contributed by atoms with van der Waals surface area (Å²) in [5.74, 6) is 0.905. The van der Waals surface area contributed by atoms with Crippen LogP contribution in [-0.4, -0.2) is 11.6 Å². The number of rotatable bonds is 6. The number of ether oxygens (including phenoxy) is 1. The van der Waals surface area contributed by atoms with Crippen molar-refractivity contribution < 1.29 is 4.74 Å². The molecule has 0 amide bonds. The minimum absolute atomic E-state index is 0.226. The second kappa shape index (κ2) is 7.94. The molecule has 0 bridgehead atoms. The maximum Gasteiger partial charge on any atom is 0.152 e.